The largest absolute Gasteiger partial charge is 0.513 e. The van der Waals surface area contributed by atoms with Crippen molar-refractivity contribution in [2.45, 2.75) is 27.4 Å². The Morgan fingerprint density at radius 2 is 1.83 bits per heavy atom. The first kappa shape index (κ1) is 21.3. The number of aliphatic hydroxyl groups is 2. The van der Waals surface area contributed by atoms with E-state index in [0.717, 1.165) is 10.9 Å². The summed E-state index contributed by atoms with van der Waals surface area (Å²) in [7, 11) is 0. The van der Waals surface area contributed by atoms with Crippen LogP contribution in [0.5, 0.6) is 0 Å². The summed E-state index contributed by atoms with van der Waals surface area (Å²) in [6.45, 7) is 3.10. The summed E-state index contributed by atoms with van der Waals surface area (Å²) in [6, 6.07) is 17.5. The van der Waals surface area contributed by atoms with Gasteiger partial charge in [0, 0.05) is 27.3 Å². The number of hydrogen-bond acceptors (Lipinski definition) is 3. The second kappa shape index (κ2) is 10.1. The third kappa shape index (κ3) is 6.13. The van der Waals surface area contributed by atoms with Gasteiger partial charge >= 0.3 is 0 Å². The third-order valence-electron chi connectivity index (χ3n) is 2.89. The maximum Gasteiger partial charge on any atom is 0.0877 e. The Bertz CT molecular complexity index is 711. The molecule has 0 radical (unpaired) electrons. The summed E-state index contributed by atoms with van der Waals surface area (Å²) in [6.07, 6.45) is 2.65. The molecule has 3 rings (SSSR count). The number of fused-ring (bicyclic) bond motifs is 3. The summed E-state index contributed by atoms with van der Waals surface area (Å²) < 4.78 is 0. The molecule has 0 spiro atoms. The Hall–Kier alpha value is -1.70. The number of rotatable bonds is 1. The minimum Gasteiger partial charge on any atom is -0.513 e. The van der Waals surface area contributed by atoms with Crippen LogP contribution in [0.3, 0.4) is 0 Å². The van der Waals surface area contributed by atoms with Gasteiger partial charge in [0.15, 0.2) is 0 Å². The van der Waals surface area contributed by atoms with E-state index >= 15 is 0 Å². The van der Waals surface area contributed by atoms with Crippen molar-refractivity contribution in [1.82, 2.24) is 4.98 Å². The Kier molecular flexibility index (Phi) is 9.39. The topological polar surface area (TPSA) is 53.4 Å². The van der Waals surface area contributed by atoms with Crippen LogP contribution in [0.15, 0.2) is 60.5 Å². The van der Waals surface area contributed by atoms with E-state index in [4.69, 9.17) is 10.2 Å². The second-order valence-corrected chi connectivity index (χ2v) is 4.82. The SMILES string of the molecule is C.CC(O)=CC(C)O.[Pt].[c-]1cccc2ccc3cccnc3c12. The monoisotopic (exact) mass is 491 g/mol. The predicted molar refractivity (Wildman–Crippen MR) is 92.9 cm³/mol. The molecule has 0 amide bonds. The van der Waals surface area contributed by atoms with Gasteiger partial charge in [-0.2, -0.15) is 0 Å². The molecule has 23 heavy (non-hydrogen) atoms. The molecule has 1 unspecified atom stereocenters. The smallest absolute Gasteiger partial charge is 0.0877 e. The van der Waals surface area contributed by atoms with Gasteiger partial charge in [-0.15, -0.1) is 35.0 Å². The fraction of sp³-hybridized carbons (Fsp3) is 0.211. The number of hydrogen-bond donors (Lipinski definition) is 2. The summed E-state index contributed by atoms with van der Waals surface area (Å²) in [4.78, 5) is 4.38. The van der Waals surface area contributed by atoms with Crippen LogP contribution in [0.2, 0.25) is 0 Å². The van der Waals surface area contributed by atoms with E-state index in [1.54, 1.807) is 6.92 Å². The molecular formula is C19H22NO2Pt-. The average Bonchev–Trinajstić information content (AvgIpc) is 2.46. The molecule has 0 aliphatic rings. The van der Waals surface area contributed by atoms with Crippen LogP contribution >= 0.6 is 0 Å². The zero-order valence-corrected chi connectivity index (χ0v) is 14.7. The number of pyridine rings is 1. The van der Waals surface area contributed by atoms with Crippen LogP contribution in [-0.4, -0.2) is 21.3 Å². The van der Waals surface area contributed by atoms with E-state index in [0.29, 0.717) is 0 Å². The van der Waals surface area contributed by atoms with Crippen molar-refractivity contribution in [3.63, 3.8) is 0 Å². The van der Waals surface area contributed by atoms with E-state index in [1.165, 1.54) is 23.8 Å². The van der Waals surface area contributed by atoms with Gasteiger partial charge in [-0.25, -0.2) is 0 Å². The van der Waals surface area contributed by atoms with Crippen molar-refractivity contribution >= 4 is 21.7 Å². The van der Waals surface area contributed by atoms with Crippen LogP contribution in [0.25, 0.3) is 21.7 Å². The molecule has 1 aromatic heterocycles. The van der Waals surface area contributed by atoms with Crippen LogP contribution in [0, 0.1) is 6.07 Å². The normalized spacial score (nSPS) is 11.7. The van der Waals surface area contributed by atoms with Crippen LogP contribution in [0.4, 0.5) is 0 Å². The van der Waals surface area contributed by atoms with E-state index in [1.807, 2.05) is 24.4 Å². The standard InChI is InChI=1S/C13H8N.C5H10O2.CH4.Pt/c1-2-6-12-10(4-1)7-8-11-5-3-9-14-13(11)12;1-4(6)3-5(2)7;;/h1-5,7-9H;3-4,6-7H,1-2H3;1H4;/q-1;;;. The Labute approximate surface area is 152 Å². The van der Waals surface area contributed by atoms with Crippen molar-refractivity contribution in [2.75, 3.05) is 0 Å². The molecule has 0 saturated carbocycles. The fourth-order valence-corrected chi connectivity index (χ4v) is 2.08. The molecule has 1 heterocycles. The molecule has 0 aliphatic carbocycles. The molecule has 126 valence electrons. The summed E-state index contributed by atoms with van der Waals surface area (Å²) in [5, 5.41) is 20.4. The van der Waals surface area contributed by atoms with Gasteiger partial charge < -0.3 is 15.2 Å². The number of benzene rings is 2. The molecule has 1 atom stereocenters. The fourth-order valence-electron chi connectivity index (χ4n) is 2.08. The maximum absolute atomic E-state index is 8.49. The third-order valence-corrected chi connectivity index (χ3v) is 2.89. The first-order valence-corrected chi connectivity index (χ1v) is 6.77. The minimum absolute atomic E-state index is 0. The van der Waals surface area contributed by atoms with E-state index in [-0.39, 0.29) is 34.3 Å². The van der Waals surface area contributed by atoms with Crippen molar-refractivity contribution in [2.24, 2.45) is 0 Å². The van der Waals surface area contributed by atoms with Gasteiger partial charge in [-0.05, 0) is 36.9 Å². The van der Waals surface area contributed by atoms with Crippen LogP contribution in [-0.2, 0) is 21.1 Å². The first-order valence-electron chi connectivity index (χ1n) is 6.77. The van der Waals surface area contributed by atoms with Gasteiger partial charge in [0.1, 0.15) is 0 Å². The van der Waals surface area contributed by atoms with Crippen molar-refractivity contribution in [1.29, 1.82) is 0 Å². The number of aliphatic hydroxyl groups excluding tert-OH is 2. The van der Waals surface area contributed by atoms with Gasteiger partial charge in [0.25, 0.3) is 0 Å². The number of allylic oxidation sites excluding steroid dienone is 1. The zero-order valence-electron chi connectivity index (χ0n) is 12.4. The van der Waals surface area contributed by atoms with E-state index in [9.17, 15) is 0 Å². The van der Waals surface area contributed by atoms with Gasteiger partial charge in [0.2, 0.25) is 0 Å². The Morgan fingerprint density at radius 1 is 1.17 bits per heavy atom. The number of aromatic nitrogens is 1. The quantitative estimate of drug-likeness (QED) is 0.296. The Balaban J connectivity index is 0.000000474. The van der Waals surface area contributed by atoms with Crippen LogP contribution in [0.1, 0.15) is 21.3 Å². The maximum atomic E-state index is 8.49. The zero-order chi connectivity index (χ0) is 15.2. The molecule has 0 fully saturated rings. The van der Waals surface area contributed by atoms with Gasteiger partial charge in [-0.1, -0.05) is 25.6 Å². The average molecular weight is 491 g/mol. The molecule has 4 heteroatoms. The Morgan fingerprint density at radius 3 is 2.43 bits per heavy atom. The molecule has 0 bridgehead atoms. The van der Waals surface area contributed by atoms with Crippen molar-refractivity contribution < 1.29 is 31.3 Å². The molecule has 2 aromatic carbocycles. The van der Waals surface area contributed by atoms with Gasteiger partial charge in [-0.3, -0.25) is 0 Å². The summed E-state index contributed by atoms with van der Waals surface area (Å²) in [5.41, 5.74) is 1.03. The van der Waals surface area contributed by atoms with Crippen molar-refractivity contribution in [3.8, 4) is 0 Å². The van der Waals surface area contributed by atoms with E-state index < -0.39 is 6.10 Å². The predicted octanol–water partition coefficient (Wildman–Crippen LogP) is 4.65. The van der Waals surface area contributed by atoms with Gasteiger partial charge in [0.05, 0.1) is 11.9 Å². The summed E-state index contributed by atoms with van der Waals surface area (Å²) in [5.74, 6) is 0.162. The molecule has 0 aliphatic heterocycles. The molecular weight excluding hydrogens is 469 g/mol. The molecule has 0 saturated heterocycles. The number of nitrogens with zero attached hydrogens (tertiary/aromatic N) is 1. The summed E-state index contributed by atoms with van der Waals surface area (Å²) >= 11 is 0. The second-order valence-electron chi connectivity index (χ2n) is 4.82. The molecule has 3 aromatic rings. The van der Waals surface area contributed by atoms with Crippen LogP contribution < -0.4 is 0 Å². The van der Waals surface area contributed by atoms with E-state index in [2.05, 4.69) is 35.3 Å². The molecule has 3 nitrogen and oxygen atoms in total. The van der Waals surface area contributed by atoms with Crippen molar-refractivity contribution in [3.05, 3.63) is 66.6 Å². The molecule has 2 N–H and O–H groups in total. The first-order chi connectivity index (χ1) is 10.1. The minimum atomic E-state index is -0.537.